The van der Waals surface area contributed by atoms with Crippen LogP contribution in [0.2, 0.25) is 0 Å². The van der Waals surface area contributed by atoms with E-state index in [2.05, 4.69) is 20.8 Å². The minimum absolute atomic E-state index is 0.0226. The van der Waals surface area contributed by atoms with Crippen LogP contribution in [0.4, 0.5) is 11.7 Å². The Labute approximate surface area is 181 Å². The van der Waals surface area contributed by atoms with Gasteiger partial charge in [0.25, 0.3) is 11.8 Å². The molecule has 3 aromatic carbocycles. The summed E-state index contributed by atoms with van der Waals surface area (Å²) in [4.78, 5) is 25.2. The fourth-order valence-corrected chi connectivity index (χ4v) is 3.17. The van der Waals surface area contributed by atoms with Crippen molar-refractivity contribution in [2.24, 2.45) is 0 Å². The zero-order chi connectivity index (χ0) is 21.9. The van der Waals surface area contributed by atoms with Crippen LogP contribution in [0, 0.1) is 0 Å². The fourth-order valence-electron chi connectivity index (χ4n) is 3.17. The van der Waals surface area contributed by atoms with Gasteiger partial charge in [-0.15, -0.1) is 5.10 Å². The van der Waals surface area contributed by atoms with Gasteiger partial charge in [-0.2, -0.15) is 0 Å². The molecular weight excluding hydrogens is 408 g/mol. The summed E-state index contributed by atoms with van der Waals surface area (Å²) in [5.74, 6) is -0.385. The zero-order valence-corrected chi connectivity index (χ0v) is 16.6. The van der Waals surface area contributed by atoms with Crippen LogP contribution in [-0.2, 0) is 0 Å². The molecule has 8 nitrogen and oxygen atoms in total. The summed E-state index contributed by atoms with van der Waals surface area (Å²) < 4.78 is 11.1. The van der Waals surface area contributed by atoms with E-state index in [0.29, 0.717) is 22.7 Å². The predicted octanol–water partition coefficient (Wildman–Crippen LogP) is 4.99. The summed E-state index contributed by atoms with van der Waals surface area (Å²) in [6.07, 6.45) is 0. The maximum Gasteiger partial charge on any atom is 0.322 e. The van der Waals surface area contributed by atoms with Gasteiger partial charge in [0.1, 0.15) is 5.58 Å². The summed E-state index contributed by atoms with van der Waals surface area (Å²) >= 11 is 0. The predicted molar refractivity (Wildman–Crippen MR) is 118 cm³/mol. The molecule has 156 valence electrons. The lowest BCUT2D eigenvalue weighted by atomic mass is 10.2. The Morgan fingerprint density at radius 1 is 0.719 bits per heavy atom. The average Bonchev–Trinajstić information content (AvgIpc) is 3.47. The highest BCUT2D eigenvalue weighted by Gasteiger charge is 2.15. The molecule has 0 saturated carbocycles. The summed E-state index contributed by atoms with van der Waals surface area (Å²) in [5, 5.41) is 13.9. The highest BCUT2D eigenvalue weighted by molar-refractivity contribution is 6.07. The Kier molecular flexibility index (Phi) is 4.93. The molecule has 0 aliphatic rings. The molecular formula is C24H16N4O4. The Balaban J connectivity index is 1.29. The number of para-hydroxylation sites is 1. The first kappa shape index (κ1) is 19.3. The summed E-state index contributed by atoms with van der Waals surface area (Å²) in [5.41, 5.74) is 2.13. The van der Waals surface area contributed by atoms with Gasteiger partial charge in [0.2, 0.25) is 5.89 Å². The number of hydrogen-bond acceptors (Lipinski definition) is 6. The molecule has 2 aromatic heterocycles. The molecule has 2 heterocycles. The number of benzene rings is 3. The van der Waals surface area contributed by atoms with E-state index < -0.39 is 11.8 Å². The van der Waals surface area contributed by atoms with Crippen molar-refractivity contribution in [1.82, 2.24) is 10.2 Å². The fraction of sp³-hybridized carbons (Fsp3) is 0. The van der Waals surface area contributed by atoms with Crippen LogP contribution in [0.15, 0.2) is 93.8 Å². The number of carbonyl (C=O) groups excluding carboxylic acids is 2. The van der Waals surface area contributed by atoms with Gasteiger partial charge in [0.05, 0.1) is 0 Å². The number of anilines is 2. The van der Waals surface area contributed by atoms with Gasteiger partial charge in [0, 0.05) is 22.2 Å². The number of fused-ring (bicyclic) bond motifs is 1. The monoisotopic (exact) mass is 424 g/mol. The Morgan fingerprint density at radius 3 is 2.38 bits per heavy atom. The second-order valence-electron chi connectivity index (χ2n) is 6.92. The van der Waals surface area contributed by atoms with Crippen molar-refractivity contribution in [3.8, 4) is 11.5 Å². The molecule has 5 rings (SSSR count). The molecule has 0 radical (unpaired) electrons. The van der Waals surface area contributed by atoms with E-state index in [1.54, 1.807) is 36.4 Å². The van der Waals surface area contributed by atoms with E-state index in [4.69, 9.17) is 8.83 Å². The lowest BCUT2D eigenvalue weighted by Crippen LogP contribution is -2.14. The lowest BCUT2D eigenvalue weighted by molar-refractivity contribution is 0.0994. The number of hydrogen-bond donors (Lipinski definition) is 2. The highest BCUT2D eigenvalue weighted by atomic mass is 16.4. The summed E-state index contributed by atoms with van der Waals surface area (Å²) in [7, 11) is 0. The van der Waals surface area contributed by atoms with E-state index in [0.717, 1.165) is 10.9 Å². The minimum Gasteiger partial charge on any atom is -0.451 e. The molecule has 0 fully saturated rings. The molecule has 0 unspecified atom stereocenters. The van der Waals surface area contributed by atoms with Gasteiger partial charge in [-0.05, 0) is 42.5 Å². The molecule has 32 heavy (non-hydrogen) atoms. The second-order valence-corrected chi connectivity index (χ2v) is 6.92. The number of nitrogens with one attached hydrogen (secondary N) is 2. The first-order chi connectivity index (χ1) is 15.7. The number of aromatic nitrogens is 2. The largest absolute Gasteiger partial charge is 0.451 e. The van der Waals surface area contributed by atoms with Gasteiger partial charge in [-0.25, -0.2) is 0 Å². The Bertz CT molecular complexity index is 1390. The maximum atomic E-state index is 12.6. The van der Waals surface area contributed by atoms with Crippen LogP contribution in [0.25, 0.3) is 22.4 Å². The van der Waals surface area contributed by atoms with Crippen molar-refractivity contribution in [3.05, 3.63) is 96.3 Å². The highest BCUT2D eigenvalue weighted by Crippen LogP contribution is 2.22. The van der Waals surface area contributed by atoms with Gasteiger partial charge >= 0.3 is 6.01 Å². The zero-order valence-electron chi connectivity index (χ0n) is 16.6. The first-order valence-electron chi connectivity index (χ1n) is 9.76. The SMILES string of the molecule is O=C(Nc1nnc(-c2ccccc2)o1)c1cccc(NC(=O)c2cc3ccccc3o2)c1. The standard InChI is InChI=1S/C24H16N4O4/c29-21(26-24-28-27-23(32-24)15-7-2-1-3-8-15)17-10-6-11-18(13-17)25-22(30)20-14-16-9-4-5-12-19(16)31-20/h1-14H,(H,25,30)(H,26,28,29). The molecule has 0 saturated heterocycles. The van der Waals surface area contributed by atoms with Crippen LogP contribution in [0.1, 0.15) is 20.9 Å². The van der Waals surface area contributed by atoms with Gasteiger partial charge < -0.3 is 14.2 Å². The molecule has 0 aliphatic carbocycles. The average molecular weight is 424 g/mol. The van der Waals surface area contributed by atoms with E-state index in [1.165, 1.54) is 0 Å². The van der Waals surface area contributed by atoms with E-state index in [1.807, 2.05) is 48.5 Å². The molecule has 0 atom stereocenters. The van der Waals surface area contributed by atoms with Crippen LogP contribution >= 0.6 is 0 Å². The molecule has 2 amide bonds. The van der Waals surface area contributed by atoms with Crippen molar-refractivity contribution < 1.29 is 18.4 Å². The topological polar surface area (TPSA) is 110 Å². The molecule has 0 bridgehead atoms. The van der Waals surface area contributed by atoms with Crippen molar-refractivity contribution >= 4 is 34.5 Å². The van der Waals surface area contributed by atoms with Crippen molar-refractivity contribution in [2.75, 3.05) is 10.6 Å². The summed E-state index contributed by atoms with van der Waals surface area (Å²) in [6.45, 7) is 0. The number of nitrogens with zero attached hydrogens (tertiary/aromatic N) is 2. The van der Waals surface area contributed by atoms with E-state index >= 15 is 0 Å². The molecule has 2 N–H and O–H groups in total. The number of rotatable bonds is 5. The normalized spacial score (nSPS) is 10.8. The second kappa shape index (κ2) is 8.19. The van der Waals surface area contributed by atoms with Crippen molar-refractivity contribution in [2.45, 2.75) is 0 Å². The third-order valence-corrected chi connectivity index (χ3v) is 4.70. The molecule has 0 spiro atoms. The number of carbonyl (C=O) groups is 2. The van der Waals surface area contributed by atoms with Gasteiger partial charge in [0.15, 0.2) is 5.76 Å². The van der Waals surface area contributed by atoms with Crippen LogP contribution in [-0.4, -0.2) is 22.0 Å². The quantitative estimate of drug-likeness (QED) is 0.411. The summed E-state index contributed by atoms with van der Waals surface area (Å²) in [6, 6.07) is 24.7. The molecule has 0 aliphatic heterocycles. The number of amides is 2. The third kappa shape index (κ3) is 3.97. The minimum atomic E-state index is -0.451. The van der Waals surface area contributed by atoms with Crippen molar-refractivity contribution in [3.63, 3.8) is 0 Å². The van der Waals surface area contributed by atoms with E-state index in [-0.39, 0.29) is 11.8 Å². The number of furan rings is 1. The molecule has 8 heteroatoms. The van der Waals surface area contributed by atoms with Crippen molar-refractivity contribution in [1.29, 1.82) is 0 Å². The first-order valence-corrected chi connectivity index (χ1v) is 9.76. The van der Waals surface area contributed by atoms with Gasteiger partial charge in [-0.3, -0.25) is 14.9 Å². The van der Waals surface area contributed by atoms with E-state index in [9.17, 15) is 9.59 Å². The Hall–Kier alpha value is -4.72. The smallest absolute Gasteiger partial charge is 0.322 e. The van der Waals surface area contributed by atoms with Gasteiger partial charge in [-0.1, -0.05) is 47.6 Å². The van der Waals surface area contributed by atoms with Crippen LogP contribution in [0.5, 0.6) is 0 Å². The van der Waals surface area contributed by atoms with Crippen LogP contribution < -0.4 is 10.6 Å². The van der Waals surface area contributed by atoms with Crippen LogP contribution in [0.3, 0.4) is 0 Å². The third-order valence-electron chi connectivity index (χ3n) is 4.70. The molecule has 5 aromatic rings. The Morgan fingerprint density at radius 2 is 1.53 bits per heavy atom. The maximum absolute atomic E-state index is 12.6. The lowest BCUT2D eigenvalue weighted by Gasteiger charge is -2.06.